The molecule has 6 aliphatic rings. The Hall–Kier alpha value is -1.50. The van der Waals surface area contributed by atoms with Crippen LogP contribution in [-0.2, 0) is 19.1 Å². The van der Waals surface area contributed by atoms with E-state index in [0.717, 1.165) is 37.7 Å². The first-order valence-electron chi connectivity index (χ1n) is 13.2. The SMILES string of the molecule is CC1=C(CO)C(=O)O[C@@H]([C@@H](C)[C@H]2CC[C@H]3[C@@H]4C[C@@H]5O[C@]56[C@@H](O)C=CC(=O)[C@@]6(C)[C@H]4CC[C@]23C)C1. The quantitative estimate of drug-likeness (QED) is 0.485. The molecule has 6 nitrogen and oxygen atoms in total. The molecule has 1 spiro atoms. The fraction of sp³-hybridized carbons (Fsp3) is 0.786. The highest BCUT2D eigenvalue weighted by molar-refractivity contribution is 5.98. The van der Waals surface area contributed by atoms with Crippen LogP contribution in [0.2, 0.25) is 0 Å². The second-order valence-corrected chi connectivity index (χ2v) is 12.5. The van der Waals surface area contributed by atoms with Gasteiger partial charge in [0.2, 0.25) is 0 Å². The molecule has 6 rings (SSSR count). The minimum absolute atomic E-state index is 0.0366. The summed E-state index contributed by atoms with van der Waals surface area (Å²) in [6.45, 7) is 8.41. The lowest BCUT2D eigenvalue weighted by Gasteiger charge is -2.58. The summed E-state index contributed by atoms with van der Waals surface area (Å²) in [6, 6.07) is 0. The van der Waals surface area contributed by atoms with Gasteiger partial charge in [-0.25, -0.2) is 4.79 Å². The molecule has 2 heterocycles. The molecular weight excluding hydrogens is 432 g/mol. The zero-order chi connectivity index (χ0) is 24.2. The Morgan fingerprint density at radius 3 is 2.65 bits per heavy atom. The summed E-state index contributed by atoms with van der Waals surface area (Å²) in [6.07, 6.45) is 8.23. The Labute approximate surface area is 201 Å². The van der Waals surface area contributed by atoms with Crippen molar-refractivity contribution in [3.8, 4) is 0 Å². The van der Waals surface area contributed by atoms with Crippen LogP contribution in [0.25, 0.3) is 0 Å². The smallest absolute Gasteiger partial charge is 0.336 e. The summed E-state index contributed by atoms with van der Waals surface area (Å²) in [7, 11) is 0. The number of ether oxygens (including phenoxy) is 2. The highest BCUT2D eigenvalue weighted by Crippen LogP contribution is 2.73. The molecule has 6 heteroatoms. The van der Waals surface area contributed by atoms with E-state index in [9.17, 15) is 19.8 Å². The molecule has 186 valence electrons. The molecule has 0 aromatic heterocycles. The van der Waals surface area contributed by atoms with Gasteiger partial charge in [-0.15, -0.1) is 0 Å². The highest BCUT2D eigenvalue weighted by atomic mass is 16.6. The third kappa shape index (κ3) is 2.63. The van der Waals surface area contributed by atoms with Crippen molar-refractivity contribution >= 4 is 11.8 Å². The summed E-state index contributed by atoms with van der Waals surface area (Å²) in [4.78, 5) is 25.8. The number of hydrogen-bond donors (Lipinski definition) is 2. The van der Waals surface area contributed by atoms with Gasteiger partial charge in [0.25, 0.3) is 0 Å². The second-order valence-electron chi connectivity index (χ2n) is 12.5. The summed E-state index contributed by atoms with van der Waals surface area (Å²) in [5.41, 5.74) is 0.129. The summed E-state index contributed by atoms with van der Waals surface area (Å²) >= 11 is 0. The van der Waals surface area contributed by atoms with E-state index >= 15 is 0 Å². The number of carbonyl (C=O) groups is 2. The first-order chi connectivity index (χ1) is 16.1. The lowest BCUT2D eigenvalue weighted by molar-refractivity contribution is -0.155. The largest absolute Gasteiger partial charge is 0.458 e. The monoisotopic (exact) mass is 470 g/mol. The van der Waals surface area contributed by atoms with Gasteiger partial charge in [-0.1, -0.05) is 19.4 Å². The maximum Gasteiger partial charge on any atom is 0.336 e. The summed E-state index contributed by atoms with van der Waals surface area (Å²) < 4.78 is 12.1. The van der Waals surface area contributed by atoms with Crippen LogP contribution in [0.3, 0.4) is 0 Å². The summed E-state index contributed by atoms with van der Waals surface area (Å²) in [5.74, 6) is 1.61. The number of rotatable bonds is 3. The van der Waals surface area contributed by atoms with Gasteiger partial charge < -0.3 is 19.7 Å². The third-order valence-electron chi connectivity index (χ3n) is 11.6. The topological polar surface area (TPSA) is 96.4 Å². The van der Waals surface area contributed by atoms with E-state index in [1.54, 1.807) is 12.2 Å². The Morgan fingerprint density at radius 2 is 1.94 bits per heavy atom. The lowest BCUT2D eigenvalue weighted by Crippen LogP contribution is -2.63. The predicted octanol–water partition coefficient (Wildman–Crippen LogP) is 3.35. The fourth-order valence-corrected chi connectivity index (χ4v) is 9.69. The van der Waals surface area contributed by atoms with E-state index in [4.69, 9.17) is 9.47 Å². The van der Waals surface area contributed by atoms with Crippen LogP contribution in [-0.4, -0.2) is 52.5 Å². The van der Waals surface area contributed by atoms with Gasteiger partial charge >= 0.3 is 5.97 Å². The molecule has 11 atom stereocenters. The fourth-order valence-electron chi connectivity index (χ4n) is 9.69. The van der Waals surface area contributed by atoms with Crippen molar-refractivity contribution in [3.05, 3.63) is 23.3 Å². The minimum Gasteiger partial charge on any atom is -0.458 e. The minimum atomic E-state index is -0.719. The predicted molar refractivity (Wildman–Crippen MR) is 124 cm³/mol. The van der Waals surface area contributed by atoms with E-state index in [2.05, 4.69) is 20.8 Å². The number of aliphatic hydroxyl groups is 2. The molecule has 0 bridgehead atoms. The van der Waals surface area contributed by atoms with Gasteiger partial charge in [0.1, 0.15) is 17.8 Å². The van der Waals surface area contributed by atoms with Crippen LogP contribution in [0.1, 0.15) is 66.2 Å². The zero-order valence-corrected chi connectivity index (χ0v) is 20.8. The van der Waals surface area contributed by atoms with E-state index in [0.29, 0.717) is 29.7 Å². The van der Waals surface area contributed by atoms with Crippen LogP contribution in [0, 0.1) is 40.4 Å². The average molecular weight is 471 g/mol. The maximum absolute atomic E-state index is 13.3. The molecule has 4 fully saturated rings. The molecule has 0 aromatic rings. The van der Waals surface area contributed by atoms with Gasteiger partial charge in [0.15, 0.2) is 5.78 Å². The molecule has 34 heavy (non-hydrogen) atoms. The standard InChI is InChI=1S/C28H38O6/c1-14-11-21(33-25(32)17(14)13-29)15(2)18-5-6-19-16-12-24-28(34-24)23(31)8-7-22(30)27(28,4)20(16)9-10-26(18,19)3/h7-8,15-16,18-21,23-24,29,31H,5-6,9-13H2,1-4H3/t15-,16-,18+,19-,20-,21+,23-,24-,26+,27+,28+/m0/s1. The Bertz CT molecular complexity index is 999. The number of allylic oxidation sites excluding steroid dienone is 1. The molecule has 0 radical (unpaired) electrons. The van der Waals surface area contributed by atoms with E-state index < -0.39 is 17.1 Å². The molecular formula is C28H38O6. The lowest BCUT2D eigenvalue weighted by atomic mass is 9.44. The Morgan fingerprint density at radius 1 is 1.18 bits per heavy atom. The van der Waals surface area contributed by atoms with E-state index in [-0.39, 0.29) is 47.8 Å². The number of cyclic esters (lactones) is 1. The molecule has 0 unspecified atom stereocenters. The zero-order valence-electron chi connectivity index (χ0n) is 20.8. The highest BCUT2D eigenvalue weighted by Gasteiger charge is 2.80. The van der Waals surface area contributed by atoms with Gasteiger partial charge in [0.05, 0.1) is 23.7 Å². The van der Waals surface area contributed by atoms with Crippen molar-refractivity contribution < 1.29 is 29.3 Å². The van der Waals surface area contributed by atoms with E-state index in [1.807, 2.05) is 6.92 Å². The van der Waals surface area contributed by atoms with Crippen LogP contribution < -0.4 is 0 Å². The van der Waals surface area contributed by atoms with Crippen molar-refractivity contribution in [1.29, 1.82) is 0 Å². The van der Waals surface area contributed by atoms with Crippen LogP contribution in [0.5, 0.6) is 0 Å². The molecule has 2 aliphatic heterocycles. The van der Waals surface area contributed by atoms with Gasteiger partial charge in [0, 0.05) is 6.42 Å². The third-order valence-corrected chi connectivity index (χ3v) is 11.6. The number of aliphatic hydroxyl groups excluding tert-OH is 2. The van der Waals surface area contributed by atoms with Crippen LogP contribution in [0.4, 0.5) is 0 Å². The number of epoxide rings is 1. The first-order valence-corrected chi connectivity index (χ1v) is 13.2. The first kappa shape index (κ1) is 22.9. The number of fused-ring (bicyclic) bond motifs is 4. The number of hydrogen-bond acceptors (Lipinski definition) is 6. The molecule has 2 N–H and O–H groups in total. The second kappa shape index (κ2) is 7.27. The molecule has 4 aliphatic carbocycles. The van der Waals surface area contributed by atoms with Crippen molar-refractivity contribution in [2.45, 2.75) is 90.1 Å². The van der Waals surface area contributed by atoms with Gasteiger partial charge in [-0.05, 0) is 93.1 Å². The molecule has 0 aromatic carbocycles. The van der Waals surface area contributed by atoms with Crippen molar-refractivity contribution in [2.75, 3.05) is 6.61 Å². The Balaban J connectivity index is 1.27. The van der Waals surface area contributed by atoms with Crippen LogP contribution >= 0.6 is 0 Å². The molecule has 3 saturated carbocycles. The van der Waals surface area contributed by atoms with Crippen LogP contribution in [0.15, 0.2) is 23.3 Å². The molecule has 0 amide bonds. The van der Waals surface area contributed by atoms with Crippen molar-refractivity contribution in [1.82, 2.24) is 0 Å². The van der Waals surface area contributed by atoms with Gasteiger partial charge in [-0.3, -0.25) is 4.79 Å². The normalized spacial score (nSPS) is 52.4. The Kier molecular flexibility index (Phi) is 4.90. The number of esters is 1. The number of ketones is 1. The van der Waals surface area contributed by atoms with Crippen molar-refractivity contribution in [3.63, 3.8) is 0 Å². The van der Waals surface area contributed by atoms with Gasteiger partial charge in [-0.2, -0.15) is 0 Å². The molecule has 1 saturated heterocycles. The number of carbonyl (C=O) groups excluding carboxylic acids is 2. The van der Waals surface area contributed by atoms with E-state index in [1.165, 1.54) is 0 Å². The van der Waals surface area contributed by atoms with Crippen molar-refractivity contribution in [2.24, 2.45) is 40.4 Å². The average Bonchev–Trinajstić information content (AvgIpc) is 3.43. The maximum atomic E-state index is 13.3. The summed E-state index contributed by atoms with van der Waals surface area (Å²) in [5, 5.41) is 20.4.